The van der Waals surface area contributed by atoms with Crippen molar-refractivity contribution in [1.82, 2.24) is 4.90 Å². The molecule has 27 heavy (non-hydrogen) atoms. The highest BCUT2D eigenvalue weighted by Gasteiger charge is 2.42. The summed E-state index contributed by atoms with van der Waals surface area (Å²) in [6.45, 7) is 8.96. The standard InChI is InChI=1S/C20H30N2O4S/c1-5-11-26-19(23)16-13-27-18(12-14(3)4)22(16)20(24)21-15-9-7-8-10-17(15)25-6-2/h7-10,14,16,18H,5-6,11-13H2,1-4H3,(H,21,24). The number of urea groups is 1. The smallest absolute Gasteiger partial charge is 0.329 e. The Labute approximate surface area is 166 Å². The second-order valence-corrected chi connectivity index (χ2v) is 8.08. The number of nitrogens with zero attached hydrogens (tertiary/aromatic N) is 1. The van der Waals surface area contributed by atoms with Crippen LogP contribution >= 0.6 is 11.8 Å². The molecule has 7 heteroatoms. The molecule has 2 amide bonds. The number of carbonyl (C=O) groups excluding carboxylic acids is 2. The highest BCUT2D eigenvalue weighted by Crippen LogP contribution is 2.35. The van der Waals surface area contributed by atoms with Crippen LogP contribution in [0.4, 0.5) is 10.5 Å². The van der Waals surface area contributed by atoms with Crippen molar-refractivity contribution in [2.75, 3.05) is 24.3 Å². The topological polar surface area (TPSA) is 67.9 Å². The minimum Gasteiger partial charge on any atom is -0.492 e. The summed E-state index contributed by atoms with van der Waals surface area (Å²) in [5.41, 5.74) is 0.602. The number of hydrogen-bond acceptors (Lipinski definition) is 5. The summed E-state index contributed by atoms with van der Waals surface area (Å²) in [4.78, 5) is 27.2. The van der Waals surface area contributed by atoms with Gasteiger partial charge < -0.3 is 14.8 Å². The van der Waals surface area contributed by atoms with Gasteiger partial charge in [-0.05, 0) is 37.8 Å². The molecule has 1 fully saturated rings. The Morgan fingerprint density at radius 2 is 2.04 bits per heavy atom. The number of anilines is 1. The van der Waals surface area contributed by atoms with Gasteiger partial charge in [-0.25, -0.2) is 9.59 Å². The molecule has 1 aliphatic rings. The van der Waals surface area contributed by atoms with Gasteiger partial charge in [0.15, 0.2) is 0 Å². The number of carbonyl (C=O) groups is 2. The Kier molecular flexibility index (Phi) is 8.28. The molecule has 2 rings (SSSR count). The summed E-state index contributed by atoms with van der Waals surface area (Å²) in [7, 11) is 0. The summed E-state index contributed by atoms with van der Waals surface area (Å²) >= 11 is 1.64. The van der Waals surface area contributed by atoms with Crippen molar-refractivity contribution in [3.63, 3.8) is 0 Å². The molecule has 1 saturated heterocycles. The van der Waals surface area contributed by atoms with Crippen molar-refractivity contribution >= 4 is 29.4 Å². The highest BCUT2D eigenvalue weighted by molar-refractivity contribution is 8.00. The lowest BCUT2D eigenvalue weighted by Crippen LogP contribution is -2.48. The third-order valence-corrected chi connectivity index (χ3v) is 5.46. The predicted octanol–water partition coefficient (Wildman–Crippen LogP) is 4.36. The lowest BCUT2D eigenvalue weighted by Gasteiger charge is -2.29. The maximum Gasteiger partial charge on any atom is 0.329 e. The molecule has 2 atom stereocenters. The number of esters is 1. The van der Waals surface area contributed by atoms with Gasteiger partial charge in [0.2, 0.25) is 0 Å². The van der Waals surface area contributed by atoms with Crippen LogP contribution in [-0.2, 0) is 9.53 Å². The lowest BCUT2D eigenvalue weighted by atomic mass is 10.1. The van der Waals surface area contributed by atoms with Crippen LogP contribution in [0.15, 0.2) is 24.3 Å². The van der Waals surface area contributed by atoms with Crippen LogP contribution in [0.5, 0.6) is 5.75 Å². The van der Waals surface area contributed by atoms with Gasteiger partial charge in [-0.1, -0.05) is 32.9 Å². The lowest BCUT2D eigenvalue weighted by molar-refractivity contribution is -0.147. The van der Waals surface area contributed by atoms with E-state index in [0.29, 0.717) is 36.3 Å². The maximum absolute atomic E-state index is 13.1. The number of ether oxygens (including phenoxy) is 2. The quantitative estimate of drug-likeness (QED) is 0.664. The van der Waals surface area contributed by atoms with Crippen molar-refractivity contribution in [3.8, 4) is 5.75 Å². The van der Waals surface area contributed by atoms with E-state index in [9.17, 15) is 9.59 Å². The largest absolute Gasteiger partial charge is 0.492 e. The predicted molar refractivity (Wildman–Crippen MR) is 109 cm³/mol. The fourth-order valence-electron chi connectivity index (χ4n) is 2.93. The molecule has 2 unspecified atom stereocenters. The van der Waals surface area contributed by atoms with Crippen LogP contribution in [0.3, 0.4) is 0 Å². The summed E-state index contributed by atoms with van der Waals surface area (Å²) in [6, 6.07) is 6.46. The van der Waals surface area contributed by atoms with Gasteiger partial charge in [0.25, 0.3) is 0 Å². The first-order valence-corrected chi connectivity index (χ1v) is 10.6. The zero-order valence-corrected chi connectivity index (χ0v) is 17.4. The van der Waals surface area contributed by atoms with Gasteiger partial charge in [0, 0.05) is 5.75 Å². The molecule has 1 N–H and O–H groups in total. The van der Waals surface area contributed by atoms with Crippen molar-refractivity contribution in [1.29, 1.82) is 0 Å². The van der Waals surface area contributed by atoms with E-state index < -0.39 is 6.04 Å². The zero-order valence-electron chi connectivity index (χ0n) is 16.6. The van der Waals surface area contributed by atoms with Crippen LogP contribution in [-0.4, -0.2) is 47.3 Å². The van der Waals surface area contributed by atoms with E-state index in [1.807, 2.05) is 32.0 Å². The average molecular weight is 395 g/mol. The van der Waals surface area contributed by atoms with E-state index in [-0.39, 0.29) is 17.4 Å². The number of para-hydroxylation sites is 2. The Morgan fingerprint density at radius 3 is 2.70 bits per heavy atom. The van der Waals surface area contributed by atoms with Crippen molar-refractivity contribution < 1.29 is 19.1 Å². The van der Waals surface area contributed by atoms with Crippen molar-refractivity contribution in [2.24, 2.45) is 5.92 Å². The molecule has 0 spiro atoms. The van der Waals surface area contributed by atoms with E-state index in [4.69, 9.17) is 9.47 Å². The van der Waals surface area contributed by atoms with Gasteiger partial charge in [-0.15, -0.1) is 11.8 Å². The van der Waals surface area contributed by atoms with E-state index in [1.54, 1.807) is 22.7 Å². The Balaban J connectivity index is 2.19. The fourth-order valence-corrected chi connectivity index (χ4v) is 4.56. The minimum absolute atomic E-state index is 0.0524. The molecular formula is C20H30N2O4S. The Hall–Kier alpha value is -1.89. The number of hydrogen-bond donors (Lipinski definition) is 1. The van der Waals surface area contributed by atoms with E-state index >= 15 is 0 Å². The molecule has 1 aromatic rings. The first kappa shape index (κ1) is 21.4. The number of nitrogens with one attached hydrogen (secondary N) is 1. The molecular weight excluding hydrogens is 364 g/mol. The van der Waals surface area contributed by atoms with Crippen LogP contribution in [0.1, 0.15) is 40.5 Å². The Bertz CT molecular complexity index is 638. The first-order valence-electron chi connectivity index (χ1n) is 9.57. The molecule has 0 aliphatic carbocycles. The van der Waals surface area contributed by atoms with Crippen LogP contribution < -0.4 is 10.1 Å². The number of thioether (sulfide) groups is 1. The second-order valence-electron chi connectivity index (χ2n) is 6.87. The van der Waals surface area contributed by atoms with Crippen LogP contribution in [0, 0.1) is 5.92 Å². The third kappa shape index (κ3) is 5.79. The second kappa shape index (κ2) is 10.4. The maximum atomic E-state index is 13.1. The molecule has 1 heterocycles. The number of rotatable bonds is 8. The Morgan fingerprint density at radius 1 is 1.30 bits per heavy atom. The first-order chi connectivity index (χ1) is 13.0. The molecule has 0 aromatic heterocycles. The molecule has 1 aliphatic heterocycles. The summed E-state index contributed by atoms with van der Waals surface area (Å²) in [5.74, 6) is 1.26. The normalized spacial score (nSPS) is 19.2. The van der Waals surface area contributed by atoms with Gasteiger partial charge in [0.1, 0.15) is 11.8 Å². The van der Waals surface area contributed by atoms with Crippen LogP contribution in [0.25, 0.3) is 0 Å². The zero-order chi connectivity index (χ0) is 19.8. The SMILES string of the molecule is CCCOC(=O)C1CSC(CC(C)C)N1C(=O)Nc1ccccc1OCC. The van der Waals surface area contributed by atoms with Gasteiger partial charge in [0.05, 0.1) is 24.3 Å². The van der Waals surface area contributed by atoms with Gasteiger partial charge in [-0.2, -0.15) is 0 Å². The van der Waals surface area contributed by atoms with Gasteiger partial charge in [-0.3, -0.25) is 4.90 Å². The highest BCUT2D eigenvalue weighted by atomic mass is 32.2. The van der Waals surface area contributed by atoms with Gasteiger partial charge >= 0.3 is 12.0 Å². The molecule has 1 aromatic carbocycles. The van der Waals surface area contributed by atoms with E-state index in [2.05, 4.69) is 19.2 Å². The summed E-state index contributed by atoms with van der Waals surface area (Å²) < 4.78 is 10.9. The molecule has 0 radical (unpaired) electrons. The fraction of sp³-hybridized carbons (Fsp3) is 0.600. The molecule has 0 saturated carbocycles. The molecule has 0 bridgehead atoms. The van der Waals surface area contributed by atoms with E-state index in [1.165, 1.54) is 0 Å². The monoisotopic (exact) mass is 394 g/mol. The number of benzene rings is 1. The summed E-state index contributed by atoms with van der Waals surface area (Å²) in [6.07, 6.45) is 1.58. The third-order valence-electron chi connectivity index (χ3n) is 4.15. The molecule has 6 nitrogen and oxygen atoms in total. The van der Waals surface area contributed by atoms with Crippen LogP contribution in [0.2, 0.25) is 0 Å². The van der Waals surface area contributed by atoms with Crippen molar-refractivity contribution in [3.05, 3.63) is 24.3 Å². The van der Waals surface area contributed by atoms with Crippen molar-refractivity contribution in [2.45, 2.75) is 52.0 Å². The number of amides is 2. The average Bonchev–Trinajstić information content (AvgIpc) is 3.04. The molecule has 150 valence electrons. The minimum atomic E-state index is -0.565. The van der Waals surface area contributed by atoms with E-state index in [0.717, 1.165) is 12.8 Å². The summed E-state index contributed by atoms with van der Waals surface area (Å²) in [5, 5.41) is 2.87.